The number of rotatable bonds is 12. The van der Waals surface area contributed by atoms with Crippen LogP contribution in [0.2, 0.25) is 0 Å². The van der Waals surface area contributed by atoms with Gasteiger partial charge in [-0.05, 0) is 128 Å². The van der Waals surface area contributed by atoms with E-state index >= 15 is 13.2 Å². The number of hydrogen-bond donors (Lipinski definition) is 0. The maximum atomic E-state index is 15.8. The lowest BCUT2D eigenvalue weighted by molar-refractivity contribution is 0.140. The lowest BCUT2D eigenvalue weighted by atomic mass is 9.68. The Hall–Kier alpha value is -1.77. The largest absolute Gasteiger partial charge is 0.206 e. The zero-order valence-corrected chi connectivity index (χ0v) is 27.7. The standard InChI is InChI=1S/C41H57F3/c1-3-5-7-9-28-10-17-30(18-11-28)31-19-12-29(13-20-31)16-23-33-26-36-35-25-24-34(32-21-14-27(15-22-32)8-6-4-2)40(43)37(35)38(36)41(44)39(33)42/h24-32H,3-23H2,1-2H3. The van der Waals surface area contributed by atoms with Gasteiger partial charge < -0.3 is 0 Å². The zero-order chi connectivity index (χ0) is 30.6. The van der Waals surface area contributed by atoms with Crippen molar-refractivity contribution in [3.05, 3.63) is 46.8 Å². The van der Waals surface area contributed by atoms with Gasteiger partial charge >= 0.3 is 0 Å². The quantitative estimate of drug-likeness (QED) is 0.180. The van der Waals surface area contributed by atoms with Crippen molar-refractivity contribution in [2.24, 2.45) is 29.6 Å². The number of benzene rings is 2. The Morgan fingerprint density at radius 1 is 0.545 bits per heavy atom. The van der Waals surface area contributed by atoms with Crippen molar-refractivity contribution in [2.75, 3.05) is 0 Å². The molecular weight excluding hydrogens is 549 g/mol. The van der Waals surface area contributed by atoms with Gasteiger partial charge in [0.25, 0.3) is 0 Å². The van der Waals surface area contributed by atoms with Crippen LogP contribution in [-0.2, 0) is 6.42 Å². The fourth-order valence-corrected chi connectivity index (χ4v) is 9.83. The van der Waals surface area contributed by atoms with Crippen LogP contribution in [0.5, 0.6) is 0 Å². The minimum Gasteiger partial charge on any atom is -0.206 e. The molecule has 3 saturated carbocycles. The molecule has 0 atom stereocenters. The summed E-state index contributed by atoms with van der Waals surface area (Å²) in [5.74, 6) is 2.42. The topological polar surface area (TPSA) is 0 Å². The molecule has 0 spiro atoms. The summed E-state index contributed by atoms with van der Waals surface area (Å²) in [6, 6.07) is 5.74. The number of aryl methyl sites for hydroxylation is 1. The highest BCUT2D eigenvalue weighted by Crippen LogP contribution is 2.53. The molecule has 3 fully saturated rings. The van der Waals surface area contributed by atoms with Crippen molar-refractivity contribution in [1.82, 2.24) is 0 Å². The minimum absolute atomic E-state index is 0.179. The van der Waals surface area contributed by atoms with Crippen LogP contribution in [0, 0.1) is 47.0 Å². The summed E-state index contributed by atoms with van der Waals surface area (Å²) in [7, 11) is 0. The van der Waals surface area contributed by atoms with Gasteiger partial charge in [-0.1, -0.05) is 96.6 Å². The van der Waals surface area contributed by atoms with Crippen LogP contribution in [0.15, 0.2) is 18.2 Å². The van der Waals surface area contributed by atoms with Crippen molar-refractivity contribution in [2.45, 2.75) is 155 Å². The lowest BCUT2D eigenvalue weighted by Crippen LogP contribution is -2.26. The van der Waals surface area contributed by atoms with Crippen LogP contribution in [0.25, 0.3) is 22.3 Å². The second-order valence-electron chi connectivity index (χ2n) is 15.4. The predicted octanol–water partition coefficient (Wildman–Crippen LogP) is 13.3. The highest BCUT2D eigenvalue weighted by Gasteiger charge is 2.36. The van der Waals surface area contributed by atoms with E-state index in [-0.39, 0.29) is 17.3 Å². The summed E-state index contributed by atoms with van der Waals surface area (Å²) in [6.07, 6.45) is 25.9. The number of hydrogen-bond acceptors (Lipinski definition) is 0. The monoisotopic (exact) mass is 606 g/mol. The van der Waals surface area contributed by atoms with Gasteiger partial charge in [0.05, 0.1) is 0 Å². The Morgan fingerprint density at radius 2 is 1.09 bits per heavy atom. The Morgan fingerprint density at radius 3 is 1.70 bits per heavy atom. The van der Waals surface area contributed by atoms with Crippen molar-refractivity contribution in [3.63, 3.8) is 0 Å². The molecule has 44 heavy (non-hydrogen) atoms. The number of fused-ring (bicyclic) bond motifs is 4. The molecule has 3 heteroatoms. The number of unbranched alkanes of at least 4 members (excludes halogenated alkanes) is 3. The average Bonchev–Trinajstić information content (AvgIpc) is 3.04. The number of halogens is 3. The molecule has 0 aromatic heterocycles. The third-order valence-electron chi connectivity index (χ3n) is 12.7. The van der Waals surface area contributed by atoms with E-state index in [1.807, 2.05) is 18.2 Å². The molecular formula is C41H57F3. The SMILES string of the molecule is CCCCCC1CCC(C2CCC(CCc3cc4c(c(F)c3F)-c3c-4ccc(C4CCC(CCCC)CC4)c3F)CC2)CC1. The molecule has 0 bridgehead atoms. The molecule has 2 aromatic rings. The smallest absolute Gasteiger partial charge is 0.167 e. The van der Waals surface area contributed by atoms with Crippen molar-refractivity contribution in [1.29, 1.82) is 0 Å². The molecule has 0 amide bonds. The Balaban J connectivity index is 1.02. The first-order valence-electron chi connectivity index (χ1n) is 18.8. The minimum atomic E-state index is -0.835. The van der Waals surface area contributed by atoms with Crippen molar-refractivity contribution in [3.8, 4) is 22.3 Å². The molecule has 0 saturated heterocycles. The zero-order valence-electron chi connectivity index (χ0n) is 27.7. The first-order chi connectivity index (χ1) is 21.5. The molecule has 2 aromatic carbocycles. The van der Waals surface area contributed by atoms with Gasteiger partial charge in [-0.15, -0.1) is 0 Å². The molecule has 0 radical (unpaired) electrons. The van der Waals surface area contributed by atoms with Crippen molar-refractivity contribution < 1.29 is 13.2 Å². The molecule has 0 N–H and O–H groups in total. The molecule has 242 valence electrons. The summed E-state index contributed by atoms with van der Waals surface area (Å²) in [5.41, 5.74) is 3.16. The van der Waals surface area contributed by atoms with Gasteiger partial charge in [-0.2, -0.15) is 0 Å². The first kappa shape index (κ1) is 32.2. The van der Waals surface area contributed by atoms with Crippen LogP contribution in [0.1, 0.15) is 159 Å². The summed E-state index contributed by atoms with van der Waals surface area (Å²) < 4.78 is 46.7. The fraction of sp³-hybridized carbons (Fsp3) is 0.707. The summed E-state index contributed by atoms with van der Waals surface area (Å²) >= 11 is 0. The molecule has 0 aliphatic heterocycles. The fourth-order valence-electron chi connectivity index (χ4n) is 9.83. The van der Waals surface area contributed by atoms with Gasteiger partial charge in [-0.3, -0.25) is 0 Å². The average molecular weight is 607 g/mol. The van der Waals surface area contributed by atoms with E-state index in [9.17, 15) is 0 Å². The van der Waals surface area contributed by atoms with E-state index in [1.165, 1.54) is 96.3 Å². The Bertz CT molecular complexity index is 1240. The van der Waals surface area contributed by atoms with E-state index < -0.39 is 11.6 Å². The third kappa shape index (κ3) is 6.83. The Kier molecular flexibility index (Phi) is 10.8. The molecule has 0 heterocycles. The maximum Gasteiger partial charge on any atom is 0.167 e. The second kappa shape index (κ2) is 14.8. The van der Waals surface area contributed by atoms with Crippen molar-refractivity contribution >= 4 is 0 Å². The summed E-state index contributed by atoms with van der Waals surface area (Å²) in [6.45, 7) is 4.53. The third-order valence-corrected chi connectivity index (χ3v) is 12.7. The van der Waals surface area contributed by atoms with E-state index in [0.29, 0.717) is 34.6 Å². The summed E-state index contributed by atoms with van der Waals surface area (Å²) in [4.78, 5) is 0. The van der Waals surface area contributed by atoms with Gasteiger partial charge in [0.2, 0.25) is 0 Å². The van der Waals surface area contributed by atoms with Gasteiger partial charge in [-0.25, -0.2) is 13.2 Å². The van der Waals surface area contributed by atoms with E-state index in [4.69, 9.17) is 0 Å². The van der Waals surface area contributed by atoms with Crippen LogP contribution in [-0.4, -0.2) is 0 Å². The normalized spacial score (nSPS) is 28.3. The summed E-state index contributed by atoms with van der Waals surface area (Å²) in [5, 5.41) is 0. The predicted molar refractivity (Wildman–Crippen MR) is 178 cm³/mol. The van der Waals surface area contributed by atoms with E-state index in [0.717, 1.165) is 61.3 Å². The highest BCUT2D eigenvalue weighted by molar-refractivity contribution is 6.03. The van der Waals surface area contributed by atoms with Gasteiger partial charge in [0.15, 0.2) is 11.6 Å². The van der Waals surface area contributed by atoms with Gasteiger partial charge in [0.1, 0.15) is 5.82 Å². The van der Waals surface area contributed by atoms with Crippen LogP contribution < -0.4 is 0 Å². The van der Waals surface area contributed by atoms with Crippen LogP contribution in [0.3, 0.4) is 0 Å². The van der Waals surface area contributed by atoms with E-state index in [1.54, 1.807) is 0 Å². The van der Waals surface area contributed by atoms with E-state index in [2.05, 4.69) is 13.8 Å². The molecule has 0 unspecified atom stereocenters. The van der Waals surface area contributed by atoms with Crippen LogP contribution in [0.4, 0.5) is 13.2 Å². The molecule has 0 nitrogen and oxygen atoms in total. The van der Waals surface area contributed by atoms with Gasteiger partial charge in [0, 0.05) is 11.1 Å². The molecule has 4 aliphatic rings. The Labute approximate surface area is 266 Å². The lowest BCUT2D eigenvalue weighted by Gasteiger charge is -2.38. The maximum absolute atomic E-state index is 15.8. The molecule has 6 rings (SSSR count). The second-order valence-corrected chi connectivity index (χ2v) is 15.4. The highest BCUT2D eigenvalue weighted by atomic mass is 19.2. The first-order valence-corrected chi connectivity index (χ1v) is 18.8. The van der Waals surface area contributed by atoms with Crippen LogP contribution >= 0.6 is 0 Å². The molecule has 4 aliphatic carbocycles.